The summed E-state index contributed by atoms with van der Waals surface area (Å²) >= 11 is 1.07. The molecule has 3 N–H and O–H groups in total. The maximum atomic E-state index is 11.9. The Morgan fingerprint density at radius 3 is 2.79 bits per heavy atom. The first kappa shape index (κ1) is 16.4. The minimum Gasteiger partial charge on any atom is -0.371 e. The molecule has 24 heavy (non-hydrogen) atoms. The monoisotopic (exact) mass is 345 g/mol. The third-order valence-corrected chi connectivity index (χ3v) is 4.83. The van der Waals surface area contributed by atoms with Crippen molar-refractivity contribution in [3.05, 3.63) is 40.9 Å². The van der Waals surface area contributed by atoms with Crippen LogP contribution in [-0.4, -0.2) is 34.5 Å². The van der Waals surface area contributed by atoms with Gasteiger partial charge >= 0.3 is 0 Å². The SMILES string of the molecule is NC(=O)[C@H]1CCCN(c2ccc(CNC(=O)c3cnns3)cc2)C1. The molecule has 2 amide bonds. The number of nitrogens with zero attached hydrogens (tertiary/aromatic N) is 3. The molecule has 3 rings (SSSR count). The number of carbonyl (C=O) groups is 2. The molecule has 8 heteroatoms. The topological polar surface area (TPSA) is 101 Å². The minimum absolute atomic E-state index is 0.0780. The molecule has 2 aromatic rings. The number of benzene rings is 1. The molecule has 0 unspecified atom stereocenters. The van der Waals surface area contributed by atoms with E-state index in [1.165, 1.54) is 6.20 Å². The number of nitrogens with one attached hydrogen (secondary N) is 1. The average molecular weight is 345 g/mol. The number of hydrogen-bond donors (Lipinski definition) is 2. The molecule has 1 saturated heterocycles. The molecule has 1 aliphatic rings. The summed E-state index contributed by atoms with van der Waals surface area (Å²) in [6, 6.07) is 7.99. The average Bonchev–Trinajstić information content (AvgIpc) is 3.15. The van der Waals surface area contributed by atoms with Crippen LogP contribution in [0.25, 0.3) is 0 Å². The Kier molecular flexibility index (Phi) is 5.05. The van der Waals surface area contributed by atoms with Crippen LogP contribution in [0.3, 0.4) is 0 Å². The summed E-state index contributed by atoms with van der Waals surface area (Å²) in [5.41, 5.74) is 7.51. The van der Waals surface area contributed by atoms with E-state index in [1.54, 1.807) is 0 Å². The molecule has 126 valence electrons. The van der Waals surface area contributed by atoms with Gasteiger partial charge in [-0.2, -0.15) is 0 Å². The Morgan fingerprint density at radius 1 is 1.33 bits per heavy atom. The van der Waals surface area contributed by atoms with Crippen LogP contribution in [0.5, 0.6) is 0 Å². The molecule has 1 aromatic carbocycles. The van der Waals surface area contributed by atoms with Gasteiger partial charge in [0.15, 0.2) is 0 Å². The number of anilines is 1. The van der Waals surface area contributed by atoms with Gasteiger partial charge in [0, 0.05) is 25.3 Å². The van der Waals surface area contributed by atoms with Crippen molar-refractivity contribution in [3.63, 3.8) is 0 Å². The fourth-order valence-corrected chi connectivity index (χ4v) is 3.24. The summed E-state index contributed by atoms with van der Waals surface area (Å²) in [4.78, 5) is 25.9. The van der Waals surface area contributed by atoms with Crippen molar-refractivity contribution in [2.24, 2.45) is 11.7 Å². The van der Waals surface area contributed by atoms with E-state index in [4.69, 9.17) is 5.73 Å². The molecular weight excluding hydrogens is 326 g/mol. The number of piperidine rings is 1. The van der Waals surface area contributed by atoms with Crippen molar-refractivity contribution in [2.75, 3.05) is 18.0 Å². The first-order valence-electron chi connectivity index (χ1n) is 7.82. The van der Waals surface area contributed by atoms with Crippen LogP contribution in [0, 0.1) is 5.92 Å². The molecule has 0 aliphatic carbocycles. The quantitative estimate of drug-likeness (QED) is 0.847. The third kappa shape index (κ3) is 3.88. The molecule has 1 aliphatic heterocycles. The number of amides is 2. The lowest BCUT2D eigenvalue weighted by Crippen LogP contribution is -2.41. The van der Waals surface area contributed by atoms with E-state index in [0.29, 0.717) is 18.0 Å². The summed E-state index contributed by atoms with van der Waals surface area (Å²) in [6.45, 7) is 2.04. The highest BCUT2D eigenvalue weighted by Gasteiger charge is 2.24. The van der Waals surface area contributed by atoms with Crippen molar-refractivity contribution < 1.29 is 9.59 Å². The second kappa shape index (κ2) is 7.39. The predicted molar refractivity (Wildman–Crippen MR) is 91.7 cm³/mol. The fraction of sp³-hybridized carbons (Fsp3) is 0.375. The normalized spacial score (nSPS) is 17.5. The first-order valence-corrected chi connectivity index (χ1v) is 8.59. The molecule has 0 saturated carbocycles. The molecule has 7 nitrogen and oxygen atoms in total. The van der Waals surface area contributed by atoms with Gasteiger partial charge in [0.1, 0.15) is 4.88 Å². The highest BCUT2D eigenvalue weighted by atomic mass is 32.1. The van der Waals surface area contributed by atoms with Crippen LogP contribution < -0.4 is 16.0 Å². The van der Waals surface area contributed by atoms with Crippen molar-refractivity contribution in [1.82, 2.24) is 14.9 Å². The van der Waals surface area contributed by atoms with E-state index in [9.17, 15) is 9.59 Å². The zero-order chi connectivity index (χ0) is 16.9. The highest BCUT2D eigenvalue weighted by Crippen LogP contribution is 2.23. The van der Waals surface area contributed by atoms with Gasteiger partial charge in [-0.25, -0.2) is 0 Å². The summed E-state index contributed by atoms with van der Waals surface area (Å²) in [6.07, 6.45) is 3.28. The molecule has 1 fully saturated rings. The largest absolute Gasteiger partial charge is 0.371 e. The molecule has 1 aromatic heterocycles. The number of aromatic nitrogens is 2. The third-order valence-electron chi connectivity index (χ3n) is 4.16. The minimum atomic E-state index is -0.225. The van der Waals surface area contributed by atoms with Crippen molar-refractivity contribution in [1.29, 1.82) is 0 Å². The zero-order valence-electron chi connectivity index (χ0n) is 13.1. The standard InChI is InChI=1S/C16H19N5O2S/c17-15(22)12-2-1-7-21(10-12)13-5-3-11(4-6-13)8-18-16(23)14-9-19-20-24-14/h3-6,9,12H,1-2,7-8,10H2,(H2,17,22)(H,18,23)/t12-/m0/s1. The molecule has 0 bridgehead atoms. The summed E-state index contributed by atoms with van der Waals surface area (Å²) in [5, 5.41) is 6.49. The Bertz CT molecular complexity index is 702. The van der Waals surface area contributed by atoms with Crippen molar-refractivity contribution in [2.45, 2.75) is 19.4 Å². The highest BCUT2D eigenvalue weighted by molar-refractivity contribution is 7.07. The van der Waals surface area contributed by atoms with E-state index < -0.39 is 0 Å². The van der Waals surface area contributed by atoms with Gasteiger partial charge in [0.2, 0.25) is 5.91 Å². The van der Waals surface area contributed by atoms with Gasteiger partial charge in [-0.1, -0.05) is 16.6 Å². The van der Waals surface area contributed by atoms with E-state index in [2.05, 4.69) is 19.8 Å². The zero-order valence-corrected chi connectivity index (χ0v) is 14.0. The van der Waals surface area contributed by atoms with Gasteiger partial charge < -0.3 is 16.0 Å². The Balaban J connectivity index is 1.57. The Morgan fingerprint density at radius 2 is 2.12 bits per heavy atom. The van der Waals surface area contributed by atoms with Gasteiger partial charge in [0.05, 0.1) is 12.1 Å². The van der Waals surface area contributed by atoms with E-state index >= 15 is 0 Å². The van der Waals surface area contributed by atoms with E-state index in [0.717, 1.165) is 42.2 Å². The second-order valence-corrected chi connectivity index (χ2v) is 6.60. The number of hydrogen-bond acceptors (Lipinski definition) is 6. The maximum absolute atomic E-state index is 11.9. The van der Waals surface area contributed by atoms with Gasteiger partial charge in [0.25, 0.3) is 5.91 Å². The Hall–Kier alpha value is -2.48. The smallest absolute Gasteiger partial charge is 0.264 e. The molecule has 2 heterocycles. The van der Waals surface area contributed by atoms with Gasteiger partial charge in [-0.05, 0) is 42.1 Å². The fourth-order valence-electron chi connectivity index (χ4n) is 2.81. The summed E-state index contributed by atoms with van der Waals surface area (Å²) < 4.78 is 3.67. The molecule has 0 spiro atoms. The van der Waals surface area contributed by atoms with Crippen molar-refractivity contribution >= 4 is 29.0 Å². The number of rotatable bonds is 5. The van der Waals surface area contributed by atoms with E-state index in [-0.39, 0.29) is 17.7 Å². The van der Waals surface area contributed by atoms with Crippen LogP contribution in [0.1, 0.15) is 28.1 Å². The van der Waals surface area contributed by atoms with Crippen LogP contribution in [0.2, 0.25) is 0 Å². The lowest BCUT2D eigenvalue weighted by molar-refractivity contribution is -0.122. The maximum Gasteiger partial charge on any atom is 0.264 e. The molecule has 0 radical (unpaired) electrons. The van der Waals surface area contributed by atoms with Crippen LogP contribution >= 0.6 is 11.5 Å². The summed E-state index contributed by atoms with van der Waals surface area (Å²) in [7, 11) is 0. The van der Waals surface area contributed by atoms with E-state index in [1.807, 2.05) is 24.3 Å². The lowest BCUT2D eigenvalue weighted by Gasteiger charge is -2.33. The second-order valence-electron chi connectivity index (χ2n) is 5.82. The van der Waals surface area contributed by atoms with Crippen LogP contribution in [0.4, 0.5) is 5.69 Å². The molecule has 1 atom stereocenters. The number of nitrogens with two attached hydrogens (primary N) is 1. The van der Waals surface area contributed by atoms with Gasteiger partial charge in [-0.15, -0.1) is 5.10 Å². The van der Waals surface area contributed by atoms with Crippen LogP contribution in [-0.2, 0) is 11.3 Å². The summed E-state index contributed by atoms with van der Waals surface area (Å²) in [5.74, 6) is -0.475. The number of carbonyl (C=O) groups excluding carboxylic acids is 2. The molecular formula is C16H19N5O2S. The predicted octanol–water partition coefficient (Wildman–Crippen LogP) is 1.17. The first-order chi connectivity index (χ1) is 11.6. The van der Waals surface area contributed by atoms with Crippen LogP contribution in [0.15, 0.2) is 30.5 Å². The van der Waals surface area contributed by atoms with Crippen molar-refractivity contribution in [3.8, 4) is 0 Å². The van der Waals surface area contributed by atoms with Gasteiger partial charge in [-0.3, -0.25) is 9.59 Å². The Labute approximate surface area is 144 Å². The lowest BCUT2D eigenvalue weighted by atomic mass is 9.97. The number of primary amides is 1.